The molecular formula is C31H29N3O4S. The number of benzene rings is 4. The van der Waals surface area contributed by atoms with Crippen molar-refractivity contribution in [3.63, 3.8) is 0 Å². The van der Waals surface area contributed by atoms with E-state index in [0.29, 0.717) is 13.2 Å². The largest absolute Gasteiger partial charge is 0.370 e. The molecule has 6 atom stereocenters. The molecule has 2 saturated heterocycles. The van der Waals surface area contributed by atoms with Gasteiger partial charge in [0, 0.05) is 15.4 Å². The summed E-state index contributed by atoms with van der Waals surface area (Å²) in [5, 5.41) is 6.52. The van der Waals surface area contributed by atoms with Crippen molar-refractivity contribution in [3.05, 3.63) is 124 Å². The maximum Gasteiger partial charge on any atom is 0.184 e. The second-order valence-electron chi connectivity index (χ2n) is 9.80. The van der Waals surface area contributed by atoms with Gasteiger partial charge >= 0.3 is 0 Å². The van der Waals surface area contributed by atoms with Crippen LogP contribution in [0.25, 0.3) is 21.2 Å². The zero-order valence-corrected chi connectivity index (χ0v) is 22.3. The Hall–Kier alpha value is -3.36. The van der Waals surface area contributed by atoms with Crippen molar-refractivity contribution < 1.29 is 18.9 Å². The fourth-order valence-corrected chi connectivity index (χ4v) is 6.19. The second kappa shape index (κ2) is 11.8. The molecule has 7 nitrogen and oxygen atoms in total. The van der Waals surface area contributed by atoms with E-state index < -0.39 is 30.0 Å². The summed E-state index contributed by atoms with van der Waals surface area (Å²) in [6.07, 6.45) is -1.95. The molecule has 4 aromatic rings. The maximum atomic E-state index is 9.56. The van der Waals surface area contributed by atoms with Crippen LogP contribution >= 0.6 is 11.8 Å². The molecule has 2 heterocycles. The second-order valence-corrected chi connectivity index (χ2v) is 11.0. The number of azide groups is 1. The third kappa shape index (κ3) is 5.82. The van der Waals surface area contributed by atoms with Gasteiger partial charge in [-0.05, 0) is 47.0 Å². The lowest BCUT2D eigenvalue weighted by atomic mass is 9.97. The molecule has 0 saturated carbocycles. The molecule has 0 amide bonds. The fourth-order valence-electron chi connectivity index (χ4n) is 5.08. The van der Waals surface area contributed by atoms with Crippen LogP contribution in [0.4, 0.5) is 0 Å². The molecule has 2 fully saturated rings. The van der Waals surface area contributed by atoms with Crippen LogP contribution in [0.5, 0.6) is 0 Å². The minimum absolute atomic E-state index is 0.341. The van der Waals surface area contributed by atoms with Gasteiger partial charge in [-0.15, -0.1) is 0 Å². The Morgan fingerprint density at radius 2 is 1.69 bits per heavy atom. The van der Waals surface area contributed by atoms with Crippen molar-refractivity contribution in [2.45, 2.75) is 54.5 Å². The molecule has 8 heteroatoms. The summed E-state index contributed by atoms with van der Waals surface area (Å²) in [5.41, 5.74) is 12.2. The smallest absolute Gasteiger partial charge is 0.184 e. The summed E-state index contributed by atoms with van der Waals surface area (Å²) in [7, 11) is 0. The van der Waals surface area contributed by atoms with Crippen LogP contribution in [0.3, 0.4) is 0 Å². The zero-order valence-electron chi connectivity index (χ0n) is 21.5. The Labute approximate surface area is 231 Å². The molecule has 198 valence electrons. The Kier molecular flexibility index (Phi) is 7.83. The van der Waals surface area contributed by atoms with Crippen molar-refractivity contribution in [1.82, 2.24) is 0 Å². The number of rotatable bonds is 7. The highest BCUT2D eigenvalue weighted by atomic mass is 32.2. The topological polar surface area (TPSA) is 85.7 Å². The predicted molar refractivity (Wildman–Crippen MR) is 151 cm³/mol. The number of fused-ring (bicyclic) bond motifs is 2. The van der Waals surface area contributed by atoms with Gasteiger partial charge in [-0.25, -0.2) is 0 Å². The van der Waals surface area contributed by atoms with Gasteiger partial charge in [0.1, 0.15) is 23.7 Å². The highest BCUT2D eigenvalue weighted by molar-refractivity contribution is 7.99. The molecule has 2 aliphatic rings. The van der Waals surface area contributed by atoms with Gasteiger partial charge in [-0.3, -0.25) is 0 Å². The van der Waals surface area contributed by atoms with Crippen molar-refractivity contribution >= 4 is 22.5 Å². The first kappa shape index (κ1) is 25.9. The molecule has 0 aliphatic carbocycles. The average molecular weight is 540 g/mol. The van der Waals surface area contributed by atoms with Gasteiger partial charge in [0.25, 0.3) is 0 Å². The molecule has 0 aromatic heterocycles. The van der Waals surface area contributed by atoms with Gasteiger partial charge in [0.15, 0.2) is 6.29 Å². The Bertz CT molecular complexity index is 1460. The van der Waals surface area contributed by atoms with Gasteiger partial charge < -0.3 is 18.9 Å². The standard InChI is InChI=1S/C31H29N3O4S/c1-20-11-15-25(16-12-20)39-31-27(33-34-32)29(35-18-21-13-14-22-7-5-6-10-24(22)17-21)28-26(37-31)19-36-30(38-28)23-8-3-2-4-9-23/h2-17,26-31H,18-19H2,1H3/t26-,27-,28+,29-,30+,31+/m1/s1. The summed E-state index contributed by atoms with van der Waals surface area (Å²) in [6, 6.07) is 31.9. The lowest BCUT2D eigenvalue weighted by molar-refractivity contribution is -0.311. The lowest BCUT2D eigenvalue weighted by Gasteiger charge is -2.48. The number of nitrogens with zero attached hydrogens (tertiary/aromatic N) is 3. The van der Waals surface area contributed by atoms with Crippen LogP contribution in [0, 0.1) is 6.92 Å². The third-order valence-electron chi connectivity index (χ3n) is 7.09. The zero-order chi connectivity index (χ0) is 26.6. The van der Waals surface area contributed by atoms with Crippen molar-refractivity contribution in [3.8, 4) is 0 Å². The SMILES string of the molecule is Cc1ccc(S[C@@H]2O[C@@H]3CO[C@H](c4ccccc4)O[C@@H]3[C@H](OCc3ccc4ccccc4c3)[C@H]2N=[N+]=[N-])cc1. The molecule has 2 aliphatic heterocycles. The lowest BCUT2D eigenvalue weighted by Crippen LogP contribution is -2.61. The van der Waals surface area contributed by atoms with Crippen molar-refractivity contribution in [1.29, 1.82) is 0 Å². The number of aryl methyl sites for hydroxylation is 1. The van der Waals surface area contributed by atoms with Gasteiger partial charge in [0.2, 0.25) is 0 Å². The summed E-state index contributed by atoms with van der Waals surface area (Å²) in [5.74, 6) is 0. The van der Waals surface area contributed by atoms with E-state index >= 15 is 0 Å². The quantitative estimate of drug-likeness (QED) is 0.139. The van der Waals surface area contributed by atoms with Crippen molar-refractivity contribution in [2.75, 3.05) is 6.61 Å². The highest BCUT2D eigenvalue weighted by Gasteiger charge is 2.50. The van der Waals surface area contributed by atoms with E-state index in [1.165, 1.54) is 22.7 Å². The third-order valence-corrected chi connectivity index (χ3v) is 8.26. The number of ether oxygens (including phenoxy) is 4. The van der Waals surface area contributed by atoms with E-state index in [4.69, 9.17) is 18.9 Å². The maximum absolute atomic E-state index is 9.56. The molecule has 6 rings (SSSR count). The number of hydrogen-bond donors (Lipinski definition) is 0. The molecule has 39 heavy (non-hydrogen) atoms. The first-order valence-corrected chi connectivity index (χ1v) is 13.9. The normalized spacial score (nSPS) is 26.5. The molecule has 0 unspecified atom stereocenters. The van der Waals surface area contributed by atoms with Crippen LogP contribution in [-0.2, 0) is 25.6 Å². The van der Waals surface area contributed by atoms with Gasteiger partial charge in [-0.2, -0.15) is 0 Å². The van der Waals surface area contributed by atoms with Crippen LogP contribution in [-0.4, -0.2) is 36.4 Å². The van der Waals surface area contributed by atoms with Crippen molar-refractivity contribution in [2.24, 2.45) is 5.11 Å². The Morgan fingerprint density at radius 1 is 0.923 bits per heavy atom. The Morgan fingerprint density at radius 3 is 2.49 bits per heavy atom. The monoisotopic (exact) mass is 539 g/mol. The number of hydrogen-bond acceptors (Lipinski definition) is 6. The van der Waals surface area contributed by atoms with E-state index in [1.807, 2.05) is 54.6 Å². The first-order valence-electron chi connectivity index (χ1n) is 13.0. The molecule has 0 spiro atoms. The molecular weight excluding hydrogens is 510 g/mol. The van der Waals surface area contributed by atoms with Gasteiger partial charge in [-0.1, -0.05) is 101 Å². The van der Waals surface area contributed by atoms with Crippen LogP contribution in [0.15, 0.2) is 107 Å². The minimum atomic E-state index is -0.613. The predicted octanol–water partition coefficient (Wildman–Crippen LogP) is 7.34. The van der Waals surface area contributed by atoms with E-state index in [1.54, 1.807) is 0 Å². The van der Waals surface area contributed by atoms with Gasteiger partial charge in [0.05, 0.1) is 19.3 Å². The Balaban J connectivity index is 1.29. The molecule has 0 bridgehead atoms. The van der Waals surface area contributed by atoms with E-state index in [0.717, 1.165) is 21.4 Å². The van der Waals surface area contributed by atoms with E-state index in [9.17, 15) is 5.53 Å². The van der Waals surface area contributed by atoms with Crippen LogP contribution < -0.4 is 0 Å². The molecule has 4 aromatic carbocycles. The number of thioether (sulfide) groups is 1. The summed E-state index contributed by atoms with van der Waals surface area (Å²) in [6.45, 7) is 2.74. The van der Waals surface area contributed by atoms with Crippen LogP contribution in [0.2, 0.25) is 0 Å². The minimum Gasteiger partial charge on any atom is -0.370 e. The first-order chi connectivity index (χ1) is 19.2. The van der Waals surface area contributed by atoms with E-state index in [2.05, 4.69) is 59.4 Å². The van der Waals surface area contributed by atoms with E-state index in [-0.39, 0.29) is 6.10 Å². The fraction of sp³-hybridized carbons (Fsp3) is 0.290. The van der Waals surface area contributed by atoms with Crippen LogP contribution in [0.1, 0.15) is 23.0 Å². The summed E-state index contributed by atoms with van der Waals surface area (Å²) in [4.78, 5) is 4.21. The summed E-state index contributed by atoms with van der Waals surface area (Å²) < 4.78 is 25.6. The summed E-state index contributed by atoms with van der Waals surface area (Å²) >= 11 is 1.52. The molecule has 0 N–H and O–H groups in total. The average Bonchev–Trinajstić information content (AvgIpc) is 2.98. The highest BCUT2D eigenvalue weighted by Crippen LogP contribution is 2.41. The molecule has 0 radical (unpaired) electrons.